The van der Waals surface area contributed by atoms with Crippen LogP contribution in [0.2, 0.25) is 0 Å². The first-order valence-corrected chi connectivity index (χ1v) is 9.95. The van der Waals surface area contributed by atoms with Crippen LogP contribution in [0.15, 0.2) is 78.9 Å². The molecule has 0 spiro atoms. The second kappa shape index (κ2) is 8.45. The van der Waals surface area contributed by atoms with Crippen LogP contribution in [0.3, 0.4) is 0 Å². The molecule has 0 fully saturated rings. The van der Waals surface area contributed by atoms with Crippen molar-refractivity contribution in [2.24, 2.45) is 0 Å². The minimum Gasteiger partial charge on any atom is -0.292 e. The van der Waals surface area contributed by atoms with Gasteiger partial charge in [-0.1, -0.05) is 60.2 Å². The van der Waals surface area contributed by atoms with Gasteiger partial charge in [-0.25, -0.2) is 4.68 Å². The zero-order valence-electron chi connectivity index (χ0n) is 16.6. The van der Waals surface area contributed by atoms with Crippen molar-refractivity contribution in [2.45, 2.75) is 13.5 Å². The average Bonchev–Trinajstić information content (AvgIpc) is 3.10. The van der Waals surface area contributed by atoms with Gasteiger partial charge in [0.15, 0.2) is 11.6 Å². The van der Waals surface area contributed by atoms with Crippen molar-refractivity contribution in [3.8, 4) is 17.1 Å². The summed E-state index contributed by atoms with van der Waals surface area (Å²) in [4.78, 5) is 23.3. The summed E-state index contributed by atoms with van der Waals surface area (Å²) in [5, 5.41) is 15.7. The first-order valence-electron chi connectivity index (χ1n) is 9.54. The van der Waals surface area contributed by atoms with Gasteiger partial charge >= 0.3 is 0 Å². The van der Waals surface area contributed by atoms with E-state index in [2.05, 4.69) is 5.10 Å². The molecule has 1 aromatic heterocycles. The van der Waals surface area contributed by atoms with Crippen molar-refractivity contribution >= 4 is 23.7 Å². The van der Waals surface area contributed by atoms with E-state index in [0.29, 0.717) is 10.6 Å². The topological polar surface area (TPSA) is 83.0 Å². The van der Waals surface area contributed by atoms with E-state index in [-0.39, 0.29) is 23.6 Å². The lowest BCUT2D eigenvalue weighted by molar-refractivity contribution is -0.384. The smallest absolute Gasteiger partial charge is 0.270 e. The molecule has 0 saturated carbocycles. The molecule has 4 rings (SSSR count). The fourth-order valence-corrected chi connectivity index (χ4v) is 3.53. The third-order valence-corrected chi connectivity index (χ3v) is 5.23. The van der Waals surface area contributed by atoms with Crippen LogP contribution >= 0.6 is 12.2 Å². The highest BCUT2D eigenvalue weighted by Crippen LogP contribution is 2.23. The Hall–Kier alpha value is -3.91. The van der Waals surface area contributed by atoms with E-state index in [1.54, 1.807) is 6.07 Å². The van der Waals surface area contributed by atoms with Crippen molar-refractivity contribution in [2.75, 3.05) is 0 Å². The van der Waals surface area contributed by atoms with Crippen LogP contribution in [0.25, 0.3) is 17.1 Å². The van der Waals surface area contributed by atoms with Gasteiger partial charge in [-0.05, 0) is 31.3 Å². The number of para-hydroxylation sites is 1. The van der Waals surface area contributed by atoms with E-state index >= 15 is 0 Å². The molecule has 0 saturated heterocycles. The quantitative estimate of drug-likeness (QED) is 0.182. The summed E-state index contributed by atoms with van der Waals surface area (Å²) in [6.07, 6.45) is 0. The van der Waals surface area contributed by atoms with Crippen molar-refractivity contribution in [1.29, 1.82) is 0 Å². The molecule has 8 heteroatoms. The molecule has 0 aliphatic heterocycles. The number of nitro groups is 1. The van der Waals surface area contributed by atoms with Gasteiger partial charge in [0.25, 0.3) is 5.69 Å². The zero-order chi connectivity index (χ0) is 22.0. The van der Waals surface area contributed by atoms with Crippen LogP contribution in [0.1, 0.15) is 15.9 Å². The van der Waals surface area contributed by atoms with Gasteiger partial charge in [-0.15, -0.1) is 0 Å². The number of ketones is 1. The standard InChI is InChI=1S/C23H18N4O3S/c1-16-10-12-17(13-11-16)22-24-25(23(31)26(22)19-7-3-2-4-8-19)15-21(28)18-6-5-9-20(14-18)27(29)30/h2-14H,15H2,1H3. The van der Waals surface area contributed by atoms with Gasteiger partial charge in [0.05, 0.1) is 4.92 Å². The number of carbonyl (C=O) groups excluding carboxylic acids is 1. The Morgan fingerprint density at radius 3 is 2.42 bits per heavy atom. The number of non-ortho nitro benzene ring substituents is 1. The maximum Gasteiger partial charge on any atom is 0.270 e. The van der Waals surface area contributed by atoms with Gasteiger partial charge in [0, 0.05) is 28.9 Å². The lowest BCUT2D eigenvalue weighted by Crippen LogP contribution is -2.12. The van der Waals surface area contributed by atoms with Crippen molar-refractivity contribution in [3.63, 3.8) is 0 Å². The first kappa shape index (κ1) is 20.4. The number of Topliss-reactive ketones (excluding diaryl/α,β-unsaturated/α-hetero) is 1. The van der Waals surface area contributed by atoms with Crippen LogP contribution in [0.5, 0.6) is 0 Å². The van der Waals surface area contributed by atoms with E-state index < -0.39 is 4.92 Å². The molecular weight excluding hydrogens is 412 g/mol. The third-order valence-electron chi connectivity index (χ3n) is 4.84. The van der Waals surface area contributed by atoms with Crippen LogP contribution in [-0.4, -0.2) is 25.1 Å². The number of carbonyl (C=O) groups is 1. The minimum absolute atomic E-state index is 0.126. The summed E-state index contributed by atoms with van der Waals surface area (Å²) in [5.41, 5.74) is 2.92. The number of hydrogen-bond donors (Lipinski definition) is 0. The summed E-state index contributed by atoms with van der Waals surface area (Å²) in [5.74, 6) is 0.302. The Balaban J connectivity index is 1.78. The van der Waals surface area contributed by atoms with E-state index in [0.717, 1.165) is 16.8 Å². The lowest BCUT2D eigenvalue weighted by Gasteiger charge is -2.06. The predicted octanol–water partition coefficient (Wildman–Crippen LogP) is 5.17. The van der Waals surface area contributed by atoms with Gasteiger partial charge in [0.1, 0.15) is 6.54 Å². The Bertz CT molecular complexity index is 1330. The van der Waals surface area contributed by atoms with Crippen molar-refractivity contribution in [1.82, 2.24) is 14.3 Å². The Morgan fingerprint density at radius 1 is 1.03 bits per heavy atom. The van der Waals surface area contributed by atoms with Crippen molar-refractivity contribution < 1.29 is 9.72 Å². The van der Waals surface area contributed by atoms with Gasteiger partial charge in [-0.3, -0.25) is 19.5 Å². The lowest BCUT2D eigenvalue weighted by atomic mass is 10.1. The maximum atomic E-state index is 12.8. The molecule has 154 valence electrons. The van der Waals surface area contributed by atoms with E-state index in [1.165, 1.54) is 22.9 Å². The Labute approximate surface area is 183 Å². The summed E-state index contributed by atoms with van der Waals surface area (Å²) >= 11 is 5.66. The molecule has 0 unspecified atom stereocenters. The van der Waals surface area contributed by atoms with E-state index in [9.17, 15) is 14.9 Å². The molecule has 0 radical (unpaired) electrons. The molecule has 0 N–H and O–H groups in total. The molecule has 0 aliphatic carbocycles. The second-order valence-corrected chi connectivity index (χ2v) is 7.40. The van der Waals surface area contributed by atoms with Crippen molar-refractivity contribution in [3.05, 3.63) is 105 Å². The number of benzene rings is 3. The number of aryl methyl sites for hydroxylation is 1. The van der Waals surface area contributed by atoms with E-state index in [1.807, 2.05) is 66.1 Å². The third kappa shape index (κ3) is 4.19. The summed E-state index contributed by atoms with van der Waals surface area (Å²) < 4.78 is 3.64. The zero-order valence-corrected chi connectivity index (χ0v) is 17.5. The molecular formula is C23H18N4O3S. The highest BCUT2D eigenvalue weighted by Gasteiger charge is 2.18. The van der Waals surface area contributed by atoms with Crippen LogP contribution in [-0.2, 0) is 6.54 Å². The fraction of sp³-hybridized carbons (Fsp3) is 0.0870. The van der Waals surface area contributed by atoms with Crippen LogP contribution < -0.4 is 0 Å². The molecule has 0 aliphatic rings. The maximum absolute atomic E-state index is 12.8. The first-order chi connectivity index (χ1) is 14.9. The van der Waals surface area contributed by atoms with Crippen LogP contribution in [0, 0.1) is 21.8 Å². The highest BCUT2D eigenvalue weighted by atomic mass is 32.1. The van der Waals surface area contributed by atoms with Gasteiger partial charge in [0.2, 0.25) is 4.77 Å². The van der Waals surface area contributed by atoms with Crippen LogP contribution in [0.4, 0.5) is 5.69 Å². The van der Waals surface area contributed by atoms with Gasteiger partial charge in [-0.2, -0.15) is 5.10 Å². The normalized spacial score (nSPS) is 10.7. The summed E-state index contributed by atoms with van der Waals surface area (Å²) in [7, 11) is 0. The minimum atomic E-state index is -0.526. The SMILES string of the molecule is Cc1ccc(-c2nn(CC(=O)c3cccc([N+](=O)[O-])c3)c(=S)n2-c2ccccc2)cc1. The number of nitro benzene ring substituents is 1. The number of hydrogen-bond acceptors (Lipinski definition) is 5. The molecule has 0 bridgehead atoms. The monoisotopic (exact) mass is 430 g/mol. The second-order valence-electron chi connectivity index (χ2n) is 7.03. The average molecular weight is 430 g/mol. The molecule has 1 heterocycles. The highest BCUT2D eigenvalue weighted by molar-refractivity contribution is 7.71. The van der Waals surface area contributed by atoms with E-state index in [4.69, 9.17) is 12.2 Å². The van der Waals surface area contributed by atoms with Gasteiger partial charge < -0.3 is 0 Å². The molecule has 4 aromatic rings. The molecule has 0 amide bonds. The number of rotatable bonds is 6. The number of nitrogens with zero attached hydrogens (tertiary/aromatic N) is 4. The Morgan fingerprint density at radius 2 is 1.74 bits per heavy atom. The number of aromatic nitrogens is 3. The molecule has 7 nitrogen and oxygen atoms in total. The Kier molecular flexibility index (Phi) is 5.55. The summed E-state index contributed by atoms with van der Waals surface area (Å²) in [6.45, 7) is 1.88. The summed E-state index contributed by atoms with van der Waals surface area (Å²) in [6, 6.07) is 23.1. The molecule has 0 atom stereocenters. The fourth-order valence-electron chi connectivity index (χ4n) is 3.23. The largest absolute Gasteiger partial charge is 0.292 e. The predicted molar refractivity (Wildman–Crippen MR) is 120 cm³/mol. The molecule has 31 heavy (non-hydrogen) atoms. The molecule has 3 aromatic carbocycles.